The van der Waals surface area contributed by atoms with Crippen molar-refractivity contribution >= 4 is 29.3 Å². The summed E-state index contributed by atoms with van der Waals surface area (Å²) in [5.74, 6) is 0.546. The maximum absolute atomic E-state index is 12.2. The van der Waals surface area contributed by atoms with Gasteiger partial charge >= 0.3 is 5.97 Å². The average Bonchev–Trinajstić information content (AvgIpc) is 2.61. The van der Waals surface area contributed by atoms with Crippen molar-refractivity contribution in [3.05, 3.63) is 54.1 Å². The van der Waals surface area contributed by atoms with E-state index in [-0.39, 0.29) is 17.6 Å². The lowest BCUT2D eigenvalue weighted by Crippen LogP contribution is -2.11. The number of hydrogen-bond acceptors (Lipinski definition) is 5. The third-order valence-corrected chi connectivity index (χ3v) is 4.11. The second kappa shape index (κ2) is 8.98. The summed E-state index contributed by atoms with van der Waals surface area (Å²) in [5.41, 5.74) is 1.24. The molecule has 5 nitrogen and oxygen atoms in total. The monoisotopic (exact) mass is 345 g/mol. The molecule has 0 aromatic heterocycles. The smallest absolute Gasteiger partial charge is 0.316 e. The van der Waals surface area contributed by atoms with E-state index in [1.54, 1.807) is 50.4 Å². The van der Waals surface area contributed by atoms with E-state index in [1.807, 2.05) is 12.1 Å². The lowest BCUT2D eigenvalue weighted by Gasteiger charge is -2.07. The van der Waals surface area contributed by atoms with Crippen molar-refractivity contribution in [2.75, 3.05) is 24.8 Å². The van der Waals surface area contributed by atoms with Crippen molar-refractivity contribution in [3.8, 4) is 5.75 Å². The third kappa shape index (κ3) is 5.31. The summed E-state index contributed by atoms with van der Waals surface area (Å²) in [4.78, 5) is 24.4. The first-order chi connectivity index (χ1) is 11.6. The number of amides is 1. The molecular weight excluding hydrogens is 326 g/mol. The Labute approximate surface area is 145 Å². The van der Waals surface area contributed by atoms with Gasteiger partial charge in [0.2, 0.25) is 0 Å². The van der Waals surface area contributed by atoms with Gasteiger partial charge < -0.3 is 14.8 Å². The topological polar surface area (TPSA) is 64.6 Å². The van der Waals surface area contributed by atoms with Crippen molar-refractivity contribution in [1.82, 2.24) is 0 Å². The fraction of sp³-hybridized carbons (Fsp3) is 0.222. The number of methoxy groups -OCH3 is 1. The van der Waals surface area contributed by atoms with E-state index in [0.29, 0.717) is 23.6 Å². The summed E-state index contributed by atoms with van der Waals surface area (Å²) in [6.07, 6.45) is 0. The maximum Gasteiger partial charge on any atom is 0.316 e. The van der Waals surface area contributed by atoms with Crippen molar-refractivity contribution in [2.45, 2.75) is 11.8 Å². The summed E-state index contributed by atoms with van der Waals surface area (Å²) >= 11 is 1.40. The Bertz CT molecular complexity index is 683. The van der Waals surface area contributed by atoms with Crippen LogP contribution in [0, 0.1) is 0 Å². The summed E-state index contributed by atoms with van der Waals surface area (Å²) in [5, 5.41) is 2.83. The molecule has 0 saturated carbocycles. The van der Waals surface area contributed by atoms with Crippen LogP contribution in [-0.4, -0.2) is 31.3 Å². The Morgan fingerprint density at radius 2 is 1.71 bits per heavy atom. The fourth-order valence-corrected chi connectivity index (χ4v) is 2.62. The van der Waals surface area contributed by atoms with Crippen molar-refractivity contribution in [2.24, 2.45) is 0 Å². The predicted octanol–water partition coefficient (Wildman–Crippen LogP) is 3.60. The number of carbonyl (C=O) groups is 2. The molecule has 0 bridgehead atoms. The Balaban J connectivity index is 1.90. The van der Waals surface area contributed by atoms with Gasteiger partial charge in [-0.25, -0.2) is 0 Å². The van der Waals surface area contributed by atoms with E-state index in [1.165, 1.54) is 11.8 Å². The molecule has 1 amide bonds. The number of hydrogen-bond donors (Lipinski definition) is 1. The summed E-state index contributed by atoms with van der Waals surface area (Å²) in [6.45, 7) is 2.17. The van der Waals surface area contributed by atoms with E-state index >= 15 is 0 Å². The van der Waals surface area contributed by atoms with Gasteiger partial charge in [0.25, 0.3) is 5.91 Å². The molecule has 0 spiro atoms. The lowest BCUT2D eigenvalue weighted by atomic mass is 10.2. The Kier molecular flexibility index (Phi) is 6.69. The van der Waals surface area contributed by atoms with Crippen LogP contribution in [-0.2, 0) is 9.53 Å². The maximum atomic E-state index is 12.2. The van der Waals surface area contributed by atoms with Crippen LogP contribution >= 0.6 is 11.8 Å². The van der Waals surface area contributed by atoms with Gasteiger partial charge in [-0.05, 0) is 55.5 Å². The highest BCUT2D eigenvalue weighted by atomic mass is 32.2. The van der Waals surface area contributed by atoms with Gasteiger partial charge in [-0.1, -0.05) is 0 Å². The van der Waals surface area contributed by atoms with Crippen LogP contribution in [0.1, 0.15) is 17.3 Å². The van der Waals surface area contributed by atoms with Crippen molar-refractivity contribution in [1.29, 1.82) is 0 Å². The molecule has 0 unspecified atom stereocenters. The quantitative estimate of drug-likeness (QED) is 0.613. The highest BCUT2D eigenvalue weighted by molar-refractivity contribution is 8.00. The van der Waals surface area contributed by atoms with Crippen LogP contribution in [0.2, 0.25) is 0 Å². The van der Waals surface area contributed by atoms with Crippen molar-refractivity contribution < 1.29 is 19.1 Å². The molecule has 0 fully saturated rings. The molecule has 0 saturated heterocycles. The molecule has 0 aliphatic carbocycles. The molecule has 1 N–H and O–H groups in total. The molecule has 2 rings (SSSR count). The first kappa shape index (κ1) is 17.9. The highest BCUT2D eigenvalue weighted by Gasteiger charge is 2.07. The van der Waals surface area contributed by atoms with Gasteiger partial charge in [-0.2, -0.15) is 0 Å². The van der Waals surface area contributed by atoms with Crippen LogP contribution in [0.15, 0.2) is 53.4 Å². The summed E-state index contributed by atoms with van der Waals surface area (Å²) in [7, 11) is 1.58. The zero-order valence-corrected chi connectivity index (χ0v) is 14.4. The van der Waals surface area contributed by atoms with Crippen LogP contribution in [0.4, 0.5) is 5.69 Å². The SMILES string of the molecule is CCOC(=O)CSc1ccc(NC(=O)c2ccc(OC)cc2)cc1. The van der Waals surface area contributed by atoms with Gasteiger partial charge in [0.15, 0.2) is 0 Å². The number of rotatable bonds is 7. The fourth-order valence-electron chi connectivity index (χ4n) is 1.93. The number of ether oxygens (including phenoxy) is 2. The van der Waals surface area contributed by atoms with E-state index in [9.17, 15) is 9.59 Å². The second-order valence-corrected chi connectivity index (χ2v) is 5.85. The van der Waals surface area contributed by atoms with Crippen molar-refractivity contribution in [3.63, 3.8) is 0 Å². The predicted molar refractivity (Wildman–Crippen MR) is 94.7 cm³/mol. The second-order valence-electron chi connectivity index (χ2n) is 4.80. The molecule has 0 atom stereocenters. The van der Waals surface area contributed by atoms with Crippen LogP contribution < -0.4 is 10.1 Å². The zero-order chi connectivity index (χ0) is 17.4. The number of esters is 1. The molecular formula is C18H19NO4S. The molecule has 24 heavy (non-hydrogen) atoms. The van der Waals surface area contributed by atoms with Gasteiger partial charge in [0.1, 0.15) is 5.75 Å². The number of carbonyl (C=O) groups excluding carboxylic acids is 2. The third-order valence-electron chi connectivity index (χ3n) is 3.13. The molecule has 0 radical (unpaired) electrons. The Morgan fingerprint density at radius 1 is 1.04 bits per heavy atom. The van der Waals surface area contributed by atoms with E-state index in [0.717, 1.165) is 4.90 Å². The van der Waals surface area contributed by atoms with Crippen LogP contribution in [0.5, 0.6) is 5.75 Å². The first-order valence-electron chi connectivity index (χ1n) is 7.46. The zero-order valence-electron chi connectivity index (χ0n) is 13.6. The first-order valence-corrected chi connectivity index (χ1v) is 8.45. The average molecular weight is 345 g/mol. The van der Waals surface area contributed by atoms with Gasteiger partial charge in [-0.3, -0.25) is 9.59 Å². The Morgan fingerprint density at radius 3 is 2.29 bits per heavy atom. The van der Waals surface area contributed by atoms with Crippen LogP contribution in [0.3, 0.4) is 0 Å². The molecule has 0 aliphatic rings. The van der Waals surface area contributed by atoms with Gasteiger partial charge in [-0.15, -0.1) is 11.8 Å². The number of benzene rings is 2. The minimum absolute atomic E-state index is 0.190. The molecule has 2 aromatic carbocycles. The normalized spacial score (nSPS) is 10.1. The van der Waals surface area contributed by atoms with E-state index in [4.69, 9.17) is 9.47 Å². The van der Waals surface area contributed by atoms with Gasteiger partial charge in [0.05, 0.1) is 19.5 Å². The largest absolute Gasteiger partial charge is 0.497 e. The minimum atomic E-state index is -0.237. The molecule has 6 heteroatoms. The molecule has 0 heterocycles. The van der Waals surface area contributed by atoms with Gasteiger partial charge in [0, 0.05) is 16.1 Å². The summed E-state index contributed by atoms with van der Waals surface area (Å²) in [6, 6.07) is 14.2. The van der Waals surface area contributed by atoms with E-state index < -0.39 is 0 Å². The standard InChI is InChI=1S/C18H19NO4S/c1-3-23-17(20)12-24-16-10-6-14(7-11-16)19-18(21)13-4-8-15(22-2)9-5-13/h4-11H,3,12H2,1-2H3,(H,19,21). The lowest BCUT2D eigenvalue weighted by molar-refractivity contribution is -0.139. The molecule has 2 aromatic rings. The van der Waals surface area contributed by atoms with Crippen LogP contribution in [0.25, 0.3) is 0 Å². The van der Waals surface area contributed by atoms with E-state index in [2.05, 4.69) is 5.32 Å². The number of anilines is 1. The highest BCUT2D eigenvalue weighted by Crippen LogP contribution is 2.21. The number of thioether (sulfide) groups is 1. The molecule has 126 valence electrons. The number of nitrogens with one attached hydrogen (secondary N) is 1. The molecule has 0 aliphatic heterocycles. The Hall–Kier alpha value is -2.47. The summed E-state index contributed by atoms with van der Waals surface area (Å²) < 4.78 is 9.95. The minimum Gasteiger partial charge on any atom is -0.497 e.